The van der Waals surface area contributed by atoms with Gasteiger partial charge in [0, 0.05) is 12.6 Å². The van der Waals surface area contributed by atoms with Crippen molar-refractivity contribution >= 4 is 10.0 Å². The lowest BCUT2D eigenvalue weighted by atomic mass is 10.1. The average molecular weight is 270 g/mol. The van der Waals surface area contributed by atoms with Gasteiger partial charge < -0.3 is 5.73 Å². The van der Waals surface area contributed by atoms with Crippen LogP contribution >= 0.6 is 0 Å². The second-order valence-corrected chi connectivity index (χ2v) is 6.29. The normalized spacial score (nSPS) is 13.5. The Morgan fingerprint density at radius 3 is 2.44 bits per heavy atom. The fourth-order valence-corrected chi connectivity index (χ4v) is 3.45. The van der Waals surface area contributed by atoms with E-state index in [0.29, 0.717) is 6.54 Å². The third-order valence-electron chi connectivity index (χ3n) is 2.79. The summed E-state index contributed by atoms with van der Waals surface area (Å²) in [4.78, 5) is 0. The molecule has 0 radical (unpaired) electrons. The summed E-state index contributed by atoms with van der Waals surface area (Å²) in [6.07, 6.45) is 1.81. The van der Waals surface area contributed by atoms with Gasteiger partial charge in [0.1, 0.15) is 0 Å². The summed E-state index contributed by atoms with van der Waals surface area (Å²) in [7, 11) is -3.29. The van der Waals surface area contributed by atoms with Gasteiger partial charge >= 0.3 is 0 Å². The first-order valence-electron chi connectivity index (χ1n) is 6.25. The monoisotopic (exact) mass is 270 g/mol. The number of hydrogen-bond acceptors (Lipinski definition) is 3. The van der Waals surface area contributed by atoms with Gasteiger partial charge in [-0.2, -0.15) is 0 Å². The highest BCUT2D eigenvalue weighted by molar-refractivity contribution is 7.88. The maximum absolute atomic E-state index is 12.0. The second kappa shape index (κ2) is 6.87. The Kier molecular flexibility index (Phi) is 5.78. The van der Waals surface area contributed by atoms with Crippen molar-refractivity contribution in [1.29, 1.82) is 0 Å². The Bertz CT molecular complexity index is 472. The molecule has 0 aromatic heterocycles. The van der Waals surface area contributed by atoms with E-state index in [1.54, 1.807) is 0 Å². The molecule has 0 aliphatic carbocycles. The van der Waals surface area contributed by atoms with Crippen molar-refractivity contribution in [3.8, 4) is 0 Å². The standard InChI is InChI=1S/C13H22N2O2S/c1-3-6-11(2)15-18(16,17)10-13-8-5-4-7-12(13)9-14/h4-5,7-8,11,15H,3,6,9-10,14H2,1-2H3. The molecular weight excluding hydrogens is 248 g/mol. The van der Waals surface area contributed by atoms with Crippen LogP contribution in [-0.4, -0.2) is 14.5 Å². The first kappa shape index (κ1) is 15.1. The largest absolute Gasteiger partial charge is 0.326 e. The molecule has 1 unspecified atom stereocenters. The quantitative estimate of drug-likeness (QED) is 0.793. The smallest absolute Gasteiger partial charge is 0.216 e. The van der Waals surface area contributed by atoms with Gasteiger partial charge in [0.15, 0.2) is 0 Å². The minimum atomic E-state index is -3.29. The first-order valence-corrected chi connectivity index (χ1v) is 7.90. The zero-order valence-corrected chi connectivity index (χ0v) is 11.8. The molecule has 1 aromatic carbocycles. The summed E-state index contributed by atoms with van der Waals surface area (Å²) in [5.74, 6) is -0.00553. The van der Waals surface area contributed by atoms with Crippen LogP contribution in [0.5, 0.6) is 0 Å². The van der Waals surface area contributed by atoms with E-state index in [4.69, 9.17) is 5.73 Å². The van der Waals surface area contributed by atoms with Gasteiger partial charge in [-0.3, -0.25) is 0 Å². The van der Waals surface area contributed by atoms with E-state index in [2.05, 4.69) is 4.72 Å². The molecule has 5 heteroatoms. The van der Waals surface area contributed by atoms with E-state index >= 15 is 0 Å². The first-order chi connectivity index (χ1) is 8.48. The number of nitrogens with one attached hydrogen (secondary N) is 1. The van der Waals surface area contributed by atoms with Crippen molar-refractivity contribution in [2.75, 3.05) is 0 Å². The molecule has 18 heavy (non-hydrogen) atoms. The summed E-state index contributed by atoms with van der Waals surface area (Å²) < 4.78 is 26.7. The Morgan fingerprint density at radius 1 is 1.28 bits per heavy atom. The molecular formula is C13H22N2O2S. The minimum absolute atomic E-state index is 0.00553. The zero-order valence-electron chi connectivity index (χ0n) is 11.0. The molecule has 0 saturated carbocycles. The van der Waals surface area contributed by atoms with Gasteiger partial charge in [0.2, 0.25) is 10.0 Å². The summed E-state index contributed by atoms with van der Waals surface area (Å²) in [5, 5.41) is 0. The van der Waals surface area contributed by atoms with Crippen molar-refractivity contribution in [2.45, 2.75) is 45.0 Å². The van der Waals surface area contributed by atoms with Gasteiger partial charge in [-0.05, 0) is 24.5 Å². The van der Waals surface area contributed by atoms with Gasteiger partial charge in [-0.15, -0.1) is 0 Å². The molecule has 4 nitrogen and oxygen atoms in total. The Hall–Kier alpha value is -0.910. The van der Waals surface area contributed by atoms with E-state index in [1.165, 1.54) is 0 Å². The fourth-order valence-electron chi connectivity index (χ4n) is 1.94. The molecule has 0 aliphatic heterocycles. The van der Waals surface area contributed by atoms with Crippen LogP contribution in [0.15, 0.2) is 24.3 Å². The summed E-state index contributed by atoms with van der Waals surface area (Å²) in [6, 6.07) is 7.35. The second-order valence-electron chi connectivity index (χ2n) is 4.54. The Balaban J connectivity index is 2.76. The highest BCUT2D eigenvalue weighted by Crippen LogP contribution is 2.12. The molecule has 0 aliphatic rings. The number of benzene rings is 1. The van der Waals surface area contributed by atoms with Gasteiger partial charge in [0.25, 0.3) is 0 Å². The lowest BCUT2D eigenvalue weighted by Crippen LogP contribution is -2.33. The minimum Gasteiger partial charge on any atom is -0.326 e. The molecule has 0 saturated heterocycles. The van der Waals surface area contributed by atoms with Crippen molar-refractivity contribution in [3.05, 3.63) is 35.4 Å². The topological polar surface area (TPSA) is 72.2 Å². The molecule has 102 valence electrons. The van der Waals surface area contributed by atoms with Crippen LogP contribution in [0.4, 0.5) is 0 Å². The molecule has 0 bridgehead atoms. The van der Waals surface area contributed by atoms with Gasteiger partial charge in [-0.1, -0.05) is 37.6 Å². The molecule has 1 rings (SSSR count). The van der Waals surface area contributed by atoms with E-state index in [-0.39, 0.29) is 11.8 Å². The lowest BCUT2D eigenvalue weighted by molar-refractivity contribution is 0.543. The highest BCUT2D eigenvalue weighted by Gasteiger charge is 2.16. The molecule has 0 fully saturated rings. The number of sulfonamides is 1. The van der Waals surface area contributed by atoms with Crippen LogP contribution in [0.1, 0.15) is 37.8 Å². The van der Waals surface area contributed by atoms with Crippen LogP contribution in [0, 0.1) is 0 Å². The maximum Gasteiger partial charge on any atom is 0.216 e. The van der Waals surface area contributed by atoms with E-state index < -0.39 is 10.0 Å². The molecule has 1 atom stereocenters. The lowest BCUT2D eigenvalue weighted by Gasteiger charge is -2.14. The SMILES string of the molecule is CCCC(C)NS(=O)(=O)Cc1ccccc1CN. The third-order valence-corrected chi connectivity index (χ3v) is 4.24. The van der Waals surface area contributed by atoms with E-state index in [9.17, 15) is 8.42 Å². The van der Waals surface area contributed by atoms with Crippen molar-refractivity contribution in [1.82, 2.24) is 4.72 Å². The zero-order chi connectivity index (χ0) is 13.6. The van der Waals surface area contributed by atoms with Crippen molar-refractivity contribution in [2.24, 2.45) is 5.73 Å². The maximum atomic E-state index is 12.0. The summed E-state index contributed by atoms with van der Waals surface area (Å²) in [5.41, 5.74) is 7.26. The van der Waals surface area contributed by atoms with Crippen LogP contribution in [0.2, 0.25) is 0 Å². The van der Waals surface area contributed by atoms with E-state index in [1.807, 2.05) is 38.1 Å². The molecule has 0 heterocycles. The molecule has 1 aromatic rings. The van der Waals surface area contributed by atoms with Crippen molar-refractivity contribution in [3.63, 3.8) is 0 Å². The molecule has 0 amide bonds. The fraction of sp³-hybridized carbons (Fsp3) is 0.538. The number of hydrogen-bond donors (Lipinski definition) is 2. The third kappa shape index (κ3) is 4.76. The van der Waals surface area contributed by atoms with Gasteiger partial charge in [-0.25, -0.2) is 13.1 Å². The van der Waals surface area contributed by atoms with Crippen LogP contribution < -0.4 is 10.5 Å². The number of rotatable bonds is 7. The van der Waals surface area contributed by atoms with E-state index in [0.717, 1.165) is 24.0 Å². The Morgan fingerprint density at radius 2 is 1.89 bits per heavy atom. The summed E-state index contributed by atoms with van der Waals surface area (Å²) >= 11 is 0. The average Bonchev–Trinajstić information content (AvgIpc) is 2.28. The molecule has 0 spiro atoms. The van der Waals surface area contributed by atoms with Crippen LogP contribution in [0.25, 0.3) is 0 Å². The van der Waals surface area contributed by atoms with Crippen LogP contribution in [-0.2, 0) is 22.3 Å². The van der Waals surface area contributed by atoms with Gasteiger partial charge in [0.05, 0.1) is 5.75 Å². The predicted octanol–water partition coefficient (Wildman–Crippen LogP) is 1.75. The Labute approximate surface area is 110 Å². The predicted molar refractivity (Wildman–Crippen MR) is 74.5 cm³/mol. The highest BCUT2D eigenvalue weighted by atomic mass is 32.2. The summed E-state index contributed by atoms with van der Waals surface area (Å²) in [6.45, 7) is 4.28. The molecule has 3 N–H and O–H groups in total. The van der Waals surface area contributed by atoms with Crippen molar-refractivity contribution < 1.29 is 8.42 Å². The van der Waals surface area contributed by atoms with Crippen LogP contribution in [0.3, 0.4) is 0 Å². The number of nitrogens with two attached hydrogens (primary N) is 1.